The number of hydrogen-bond donors (Lipinski definition) is 5. The second-order valence-electron chi connectivity index (χ2n) is 14.6. The van der Waals surface area contributed by atoms with Gasteiger partial charge in [-0.3, -0.25) is 14.9 Å². The van der Waals surface area contributed by atoms with Gasteiger partial charge in [-0.15, -0.1) is 4.99 Å². The minimum atomic E-state index is -1.26. The molecule has 5 N–H and O–H groups in total. The van der Waals surface area contributed by atoms with Crippen molar-refractivity contribution in [1.82, 2.24) is 21.3 Å². The number of carbonyl (C=O) groups is 5. The molecular weight excluding hydrogens is 767 g/mol. The lowest BCUT2D eigenvalue weighted by Crippen LogP contribution is -2.50. The molecular formula is C39H46Cl2N6O9. The topological polar surface area (TPSA) is 195 Å². The molecule has 2 atom stereocenters. The maximum Gasteiger partial charge on any atom is 0.437 e. The average molecular weight is 814 g/mol. The molecule has 3 aromatic rings. The quantitative estimate of drug-likeness (QED) is 0.0659. The number of anilines is 1. The highest BCUT2D eigenvalue weighted by Gasteiger charge is 2.27. The van der Waals surface area contributed by atoms with Gasteiger partial charge < -0.3 is 40.2 Å². The molecule has 0 saturated carbocycles. The van der Waals surface area contributed by atoms with Crippen molar-refractivity contribution in [2.75, 3.05) is 32.1 Å². The van der Waals surface area contributed by atoms with Gasteiger partial charge in [0.25, 0.3) is 5.91 Å². The van der Waals surface area contributed by atoms with Crippen molar-refractivity contribution in [2.24, 2.45) is 4.99 Å². The van der Waals surface area contributed by atoms with Crippen LogP contribution >= 0.6 is 23.2 Å². The van der Waals surface area contributed by atoms with Crippen molar-refractivity contribution in [3.8, 4) is 16.9 Å². The molecule has 3 aromatic carbocycles. The van der Waals surface area contributed by atoms with Crippen LogP contribution in [0.5, 0.6) is 5.75 Å². The Kier molecular flexibility index (Phi) is 14.7. The van der Waals surface area contributed by atoms with Crippen molar-refractivity contribution < 1.29 is 42.9 Å². The van der Waals surface area contributed by atoms with E-state index in [1.807, 2.05) is 30.3 Å². The highest BCUT2D eigenvalue weighted by atomic mass is 35.5. The lowest BCUT2D eigenvalue weighted by Gasteiger charge is -2.27. The van der Waals surface area contributed by atoms with Gasteiger partial charge in [0, 0.05) is 30.3 Å². The Morgan fingerprint density at radius 1 is 0.893 bits per heavy atom. The van der Waals surface area contributed by atoms with Crippen LogP contribution in [0.15, 0.2) is 65.7 Å². The lowest BCUT2D eigenvalue weighted by molar-refractivity contribution is -0.142. The van der Waals surface area contributed by atoms with Gasteiger partial charge in [0.15, 0.2) is 0 Å². The Bertz CT molecular complexity index is 1940. The molecule has 4 rings (SSSR count). The van der Waals surface area contributed by atoms with Crippen LogP contribution in [0.4, 0.5) is 15.3 Å². The first-order chi connectivity index (χ1) is 26.3. The highest BCUT2D eigenvalue weighted by Crippen LogP contribution is 2.34. The van der Waals surface area contributed by atoms with Gasteiger partial charge in [-0.1, -0.05) is 53.5 Å². The molecule has 1 aliphatic heterocycles. The average Bonchev–Trinajstić information content (AvgIpc) is 3.10. The van der Waals surface area contributed by atoms with Gasteiger partial charge in [-0.05, 0) is 83.0 Å². The summed E-state index contributed by atoms with van der Waals surface area (Å²) in [6, 6.07) is 16.0. The molecule has 0 spiro atoms. The summed E-state index contributed by atoms with van der Waals surface area (Å²) in [6.45, 7) is 10.0. The second kappa shape index (κ2) is 19.0. The van der Waals surface area contributed by atoms with E-state index in [1.54, 1.807) is 71.9 Å². The number of alkyl carbamates (subject to hydrolysis) is 1. The van der Waals surface area contributed by atoms with E-state index in [0.717, 1.165) is 12.7 Å². The molecule has 1 aliphatic rings. The van der Waals surface area contributed by atoms with Crippen LogP contribution in [0.2, 0.25) is 10.0 Å². The Hall–Kier alpha value is -5.38. The summed E-state index contributed by atoms with van der Waals surface area (Å²) in [6.07, 6.45) is -1.30. The van der Waals surface area contributed by atoms with E-state index in [2.05, 4.69) is 31.6 Å². The van der Waals surface area contributed by atoms with Crippen molar-refractivity contribution in [1.29, 1.82) is 0 Å². The number of rotatable bonds is 10. The van der Waals surface area contributed by atoms with Crippen molar-refractivity contribution in [3.05, 3.63) is 81.8 Å². The summed E-state index contributed by atoms with van der Waals surface area (Å²) in [7, 11) is 1.16. The summed E-state index contributed by atoms with van der Waals surface area (Å²) >= 11 is 12.9. The molecule has 1 unspecified atom stereocenters. The number of halogens is 2. The fourth-order valence-corrected chi connectivity index (χ4v) is 5.99. The number of ether oxygens (including phenoxy) is 4. The van der Waals surface area contributed by atoms with E-state index in [1.165, 1.54) is 0 Å². The first-order valence-electron chi connectivity index (χ1n) is 17.6. The molecule has 0 aromatic heterocycles. The number of methoxy groups -OCH3 is 1. The molecule has 0 radical (unpaired) electrons. The molecule has 0 saturated heterocycles. The van der Waals surface area contributed by atoms with E-state index in [-0.39, 0.29) is 40.7 Å². The number of amides is 4. The number of fused-ring (bicyclic) bond motifs is 1. The second-order valence-corrected chi connectivity index (χ2v) is 15.4. The molecule has 300 valence electrons. The predicted octanol–water partition coefficient (Wildman–Crippen LogP) is 6.39. The fraction of sp³-hybridized carbons (Fsp3) is 0.385. The third kappa shape index (κ3) is 13.1. The van der Waals surface area contributed by atoms with E-state index in [9.17, 15) is 24.0 Å². The van der Waals surface area contributed by atoms with Crippen molar-refractivity contribution in [3.63, 3.8) is 0 Å². The molecule has 1 heterocycles. The van der Waals surface area contributed by atoms with Gasteiger partial charge in [0.1, 0.15) is 23.0 Å². The van der Waals surface area contributed by atoms with E-state index >= 15 is 0 Å². The zero-order valence-electron chi connectivity index (χ0n) is 32.1. The van der Waals surface area contributed by atoms with Crippen LogP contribution in [0.1, 0.15) is 69.9 Å². The van der Waals surface area contributed by atoms with Gasteiger partial charge >= 0.3 is 18.2 Å². The van der Waals surface area contributed by atoms with Crippen molar-refractivity contribution >= 4 is 64.8 Å². The third-order valence-electron chi connectivity index (χ3n) is 7.71. The summed E-state index contributed by atoms with van der Waals surface area (Å²) < 4.78 is 21.3. The SMILES string of the molecule is COC(=O)[C@H](CNC(=O)CNC1CCOc2ccc(N/C(=N\C(=O)OC(C)(C)C)NC(=O)OC(C)(C)C)cc21)NC(=O)c1c(Cl)cc(-c2ccccc2)cc1Cl. The van der Waals surface area contributed by atoms with Crippen LogP contribution < -0.4 is 31.3 Å². The smallest absolute Gasteiger partial charge is 0.437 e. The summed E-state index contributed by atoms with van der Waals surface area (Å²) in [4.78, 5) is 68.0. The minimum absolute atomic E-state index is 0.0363. The standard InChI is InChI=1S/C39H46Cl2N6O9/c1-38(2,3)55-36(51)46-35(47-37(52)56-39(4,5)6)44-24-13-14-30-25(19-24)28(15-16-54-30)42-21-31(48)43-20-29(34(50)53-7)45-33(49)32-26(40)17-23(18-27(32)41)22-11-9-8-10-12-22/h8-14,17-19,28-29,42H,15-16,20-21H2,1-7H3,(H,43,48)(H,45,49)(H2,44,46,47,51,52)/t28?,29-/m0/s1. The first-order valence-corrected chi connectivity index (χ1v) is 18.4. The van der Waals surface area contributed by atoms with E-state index in [0.29, 0.717) is 35.6 Å². The maximum atomic E-state index is 13.3. The number of hydrogen-bond acceptors (Lipinski definition) is 10. The molecule has 17 heteroatoms. The van der Waals surface area contributed by atoms with Gasteiger partial charge in [0.2, 0.25) is 11.9 Å². The predicted molar refractivity (Wildman–Crippen MR) is 212 cm³/mol. The Morgan fingerprint density at radius 3 is 2.18 bits per heavy atom. The zero-order chi connectivity index (χ0) is 41.2. The first kappa shape index (κ1) is 43.3. The monoisotopic (exact) mass is 812 g/mol. The maximum absolute atomic E-state index is 13.3. The molecule has 56 heavy (non-hydrogen) atoms. The van der Waals surface area contributed by atoms with E-state index < -0.39 is 47.2 Å². The number of aliphatic imine (C=N–C) groups is 1. The molecule has 4 amide bonds. The summed E-state index contributed by atoms with van der Waals surface area (Å²) in [5.41, 5.74) is 0.963. The Balaban J connectivity index is 1.41. The van der Waals surface area contributed by atoms with Gasteiger partial charge in [0.05, 0.1) is 35.9 Å². The lowest BCUT2D eigenvalue weighted by atomic mass is 9.99. The van der Waals surface area contributed by atoms with E-state index in [4.69, 9.17) is 42.1 Å². The van der Waals surface area contributed by atoms with Crippen LogP contribution in [0, 0.1) is 0 Å². The highest BCUT2D eigenvalue weighted by molar-refractivity contribution is 6.40. The number of carbonyl (C=O) groups excluding carboxylic acids is 5. The number of esters is 1. The third-order valence-corrected chi connectivity index (χ3v) is 8.30. The minimum Gasteiger partial charge on any atom is -0.493 e. The molecule has 0 fully saturated rings. The molecule has 0 aliphatic carbocycles. The van der Waals surface area contributed by atoms with Crippen LogP contribution in [0.25, 0.3) is 11.1 Å². The van der Waals surface area contributed by atoms with Gasteiger partial charge in [-0.2, -0.15) is 0 Å². The zero-order valence-corrected chi connectivity index (χ0v) is 33.6. The summed E-state index contributed by atoms with van der Waals surface area (Å²) in [5, 5.41) is 13.9. The molecule has 15 nitrogen and oxygen atoms in total. The number of nitrogens with zero attached hydrogens (tertiary/aromatic N) is 1. The number of guanidine groups is 1. The van der Waals surface area contributed by atoms with Gasteiger partial charge in [-0.25, -0.2) is 14.4 Å². The Morgan fingerprint density at radius 2 is 1.55 bits per heavy atom. The summed E-state index contributed by atoms with van der Waals surface area (Å²) in [5.74, 6) is -1.70. The fourth-order valence-electron chi connectivity index (χ4n) is 5.33. The number of nitrogens with one attached hydrogen (secondary N) is 5. The largest absolute Gasteiger partial charge is 0.493 e. The number of benzene rings is 3. The van der Waals surface area contributed by atoms with Crippen LogP contribution in [0.3, 0.4) is 0 Å². The Labute approximate surface area is 335 Å². The van der Waals surface area contributed by atoms with Crippen LogP contribution in [-0.2, 0) is 23.8 Å². The van der Waals surface area contributed by atoms with Crippen LogP contribution in [-0.4, -0.2) is 80.0 Å². The van der Waals surface area contributed by atoms with Crippen molar-refractivity contribution in [2.45, 2.75) is 71.2 Å². The molecule has 0 bridgehead atoms. The normalized spacial score (nSPS) is 14.6.